The van der Waals surface area contributed by atoms with Crippen LogP contribution in [-0.4, -0.2) is 27.0 Å². The molecule has 2 aromatic rings. The van der Waals surface area contributed by atoms with E-state index in [0.29, 0.717) is 5.69 Å². The molecule has 2 amide bonds. The number of nitrogens with zero attached hydrogens (tertiary/aromatic N) is 1. The lowest BCUT2D eigenvalue weighted by Crippen LogP contribution is -2.41. The summed E-state index contributed by atoms with van der Waals surface area (Å²) < 4.78 is 0. The molecule has 0 fully saturated rings. The quantitative estimate of drug-likeness (QED) is 0.617. The third kappa shape index (κ3) is 3.05. The molecule has 2 aromatic heterocycles. The van der Waals surface area contributed by atoms with Gasteiger partial charge in [0, 0.05) is 17.3 Å². The van der Waals surface area contributed by atoms with E-state index < -0.39 is 11.8 Å². The predicted molar refractivity (Wildman–Crippen MR) is 73.0 cm³/mol. The fraction of sp³-hybridized carbons (Fsp3) is 0.308. The van der Waals surface area contributed by atoms with Gasteiger partial charge >= 0.3 is 0 Å². The van der Waals surface area contributed by atoms with E-state index in [2.05, 4.69) is 26.0 Å². The van der Waals surface area contributed by atoms with Gasteiger partial charge in [0.15, 0.2) is 5.69 Å². The van der Waals surface area contributed by atoms with Crippen molar-refractivity contribution in [2.45, 2.75) is 26.2 Å². The van der Waals surface area contributed by atoms with Crippen LogP contribution in [0.25, 0.3) is 0 Å². The molecule has 4 N–H and O–H groups in total. The average molecular weight is 275 g/mol. The highest BCUT2D eigenvalue weighted by molar-refractivity contribution is 5.97. The Labute approximate surface area is 116 Å². The lowest BCUT2D eigenvalue weighted by Gasteiger charge is -2.14. The first-order valence-electron chi connectivity index (χ1n) is 6.18. The zero-order chi connectivity index (χ0) is 14.8. The molecular weight excluding hydrogens is 258 g/mol. The van der Waals surface area contributed by atoms with Crippen LogP contribution in [0.4, 0.5) is 0 Å². The highest BCUT2D eigenvalue weighted by atomic mass is 16.2. The van der Waals surface area contributed by atoms with E-state index in [0.717, 1.165) is 5.69 Å². The normalized spacial score (nSPS) is 11.2. The van der Waals surface area contributed by atoms with Gasteiger partial charge in [0.25, 0.3) is 11.8 Å². The van der Waals surface area contributed by atoms with Crippen LogP contribution in [0.15, 0.2) is 24.4 Å². The summed E-state index contributed by atoms with van der Waals surface area (Å²) in [5, 5.41) is 6.74. The molecule has 0 saturated heterocycles. The molecule has 2 heterocycles. The van der Waals surface area contributed by atoms with Gasteiger partial charge in [-0.3, -0.25) is 25.5 Å². The number of hydrogen-bond donors (Lipinski definition) is 4. The Morgan fingerprint density at radius 1 is 1.20 bits per heavy atom. The number of carbonyl (C=O) groups is 2. The van der Waals surface area contributed by atoms with E-state index in [1.54, 1.807) is 24.4 Å². The molecule has 0 unspecified atom stereocenters. The highest BCUT2D eigenvalue weighted by Gasteiger charge is 2.19. The first-order chi connectivity index (χ1) is 9.38. The Hall–Kier alpha value is -2.57. The van der Waals surface area contributed by atoms with Gasteiger partial charge in [-0.25, -0.2) is 0 Å². The molecule has 0 aliphatic rings. The third-order valence-corrected chi connectivity index (χ3v) is 2.75. The Bertz CT molecular complexity index is 607. The van der Waals surface area contributed by atoms with Crippen molar-refractivity contribution in [3.05, 3.63) is 41.5 Å². The Balaban J connectivity index is 1.95. The van der Waals surface area contributed by atoms with E-state index in [1.807, 2.05) is 20.8 Å². The van der Waals surface area contributed by atoms with Crippen molar-refractivity contribution < 1.29 is 9.59 Å². The van der Waals surface area contributed by atoms with E-state index >= 15 is 0 Å². The fourth-order valence-electron chi connectivity index (χ4n) is 1.54. The summed E-state index contributed by atoms with van der Waals surface area (Å²) >= 11 is 0. The van der Waals surface area contributed by atoms with Gasteiger partial charge in [-0.05, 0) is 18.2 Å². The van der Waals surface area contributed by atoms with Gasteiger partial charge in [-0.2, -0.15) is 5.10 Å². The van der Waals surface area contributed by atoms with Gasteiger partial charge in [-0.15, -0.1) is 0 Å². The largest absolute Gasteiger partial charge is 0.357 e. The first kappa shape index (κ1) is 13.9. The molecule has 106 valence electrons. The number of hydrogen-bond acceptors (Lipinski definition) is 3. The molecule has 0 aliphatic heterocycles. The summed E-state index contributed by atoms with van der Waals surface area (Å²) in [6.07, 6.45) is 1.63. The minimum atomic E-state index is -0.475. The molecule has 0 aromatic carbocycles. The maximum absolute atomic E-state index is 11.8. The summed E-state index contributed by atoms with van der Waals surface area (Å²) in [6, 6.07) is 4.96. The summed E-state index contributed by atoms with van der Waals surface area (Å²) in [5.41, 5.74) is 5.93. The van der Waals surface area contributed by atoms with E-state index in [1.165, 1.54) is 0 Å². The van der Waals surface area contributed by atoms with Gasteiger partial charge in [0.2, 0.25) is 0 Å². The molecule has 0 bridgehead atoms. The molecule has 20 heavy (non-hydrogen) atoms. The third-order valence-electron chi connectivity index (χ3n) is 2.75. The molecule has 7 nitrogen and oxygen atoms in total. The van der Waals surface area contributed by atoms with Crippen molar-refractivity contribution in [2.24, 2.45) is 0 Å². The van der Waals surface area contributed by atoms with Crippen LogP contribution in [0.5, 0.6) is 0 Å². The van der Waals surface area contributed by atoms with Crippen molar-refractivity contribution in [3.8, 4) is 0 Å². The zero-order valence-electron chi connectivity index (χ0n) is 11.6. The van der Waals surface area contributed by atoms with Crippen molar-refractivity contribution in [3.63, 3.8) is 0 Å². The van der Waals surface area contributed by atoms with E-state index in [-0.39, 0.29) is 11.1 Å². The second kappa shape index (κ2) is 5.20. The van der Waals surface area contributed by atoms with Crippen LogP contribution in [0.3, 0.4) is 0 Å². The van der Waals surface area contributed by atoms with Crippen LogP contribution < -0.4 is 10.9 Å². The Kier molecular flexibility index (Phi) is 3.60. The average Bonchev–Trinajstić information content (AvgIpc) is 3.04. The molecule has 2 rings (SSSR count). The molecule has 0 atom stereocenters. The summed E-state index contributed by atoms with van der Waals surface area (Å²) in [4.78, 5) is 26.2. The standard InChI is InChI=1S/C13H17N5O2/c1-13(2,3)10-7-9(15-16-10)12(20)18-17-11(19)8-5-4-6-14-8/h4-7,14H,1-3H3,(H,15,16)(H,17,19)(H,18,20). The predicted octanol–water partition coefficient (Wildman–Crippen LogP) is 1.11. The van der Waals surface area contributed by atoms with Crippen molar-refractivity contribution in [2.75, 3.05) is 0 Å². The van der Waals surface area contributed by atoms with Crippen LogP contribution >= 0.6 is 0 Å². The van der Waals surface area contributed by atoms with Gasteiger partial charge in [-0.1, -0.05) is 20.8 Å². The number of amides is 2. The molecule has 0 spiro atoms. The number of hydrazine groups is 1. The Morgan fingerprint density at radius 3 is 2.45 bits per heavy atom. The van der Waals surface area contributed by atoms with E-state index in [4.69, 9.17) is 0 Å². The first-order valence-corrected chi connectivity index (χ1v) is 6.18. The smallest absolute Gasteiger partial charge is 0.290 e. The maximum Gasteiger partial charge on any atom is 0.290 e. The molecule has 0 radical (unpaired) electrons. The number of H-pyrrole nitrogens is 2. The Morgan fingerprint density at radius 2 is 1.90 bits per heavy atom. The van der Waals surface area contributed by atoms with Gasteiger partial charge in [0.05, 0.1) is 0 Å². The molecule has 0 saturated carbocycles. The number of nitrogens with one attached hydrogen (secondary N) is 4. The van der Waals surface area contributed by atoms with Crippen LogP contribution in [-0.2, 0) is 5.41 Å². The lowest BCUT2D eigenvalue weighted by atomic mass is 9.92. The summed E-state index contributed by atoms with van der Waals surface area (Å²) in [6.45, 7) is 6.03. The number of aromatic nitrogens is 3. The second-order valence-electron chi connectivity index (χ2n) is 5.41. The number of aromatic amines is 2. The van der Waals surface area contributed by atoms with Gasteiger partial charge in [0.1, 0.15) is 5.69 Å². The summed E-state index contributed by atoms with van der Waals surface area (Å²) in [5.74, 6) is -0.897. The highest BCUT2D eigenvalue weighted by Crippen LogP contribution is 2.19. The molecule has 0 aliphatic carbocycles. The van der Waals surface area contributed by atoms with Crippen molar-refractivity contribution in [1.29, 1.82) is 0 Å². The second-order valence-corrected chi connectivity index (χ2v) is 5.41. The van der Waals surface area contributed by atoms with Crippen LogP contribution in [0, 0.1) is 0 Å². The number of carbonyl (C=O) groups excluding carboxylic acids is 2. The van der Waals surface area contributed by atoms with Crippen LogP contribution in [0.2, 0.25) is 0 Å². The minimum absolute atomic E-state index is 0.126. The van der Waals surface area contributed by atoms with E-state index in [9.17, 15) is 9.59 Å². The summed E-state index contributed by atoms with van der Waals surface area (Å²) in [7, 11) is 0. The lowest BCUT2D eigenvalue weighted by molar-refractivity contribution is 0.0841. The maximum atomic E-state index is 11.8. The monoisotopic (exact) mass is 275 g/mol. The minimum Gasteiger partial charge on any atom is -0.357 e. The number of rotatable bonds is 2. The topological polar surface area (TPSA) is 103 Å². The molecular formula is C13H17N5O2. The SMILES string of the molecule is CC(C)(C)c1cc(C(=O)NNC(=O)c2ccc[nH]2)n[nH]1. The molecule has 7 heteroatoms. The van der Waals surface area contributed by atoms with Gasteiger partial charge < -0.3 is 4.98 Å². The fourth-order valence-corrected chi connectivity index (χ4v) is 1.54. The van der Waals surface area contributed by atoms with Crippen molar-refractivity contribution in [1.82, 2.24) is 26.0 Å². The van der Waals surface area contributed by atoms with Crippen LogP contribution in [0.1, 0.15) is 47.4 Å². The zero-order valence-corrected chi connectivity index (χ0v) is 11.6. The van der Waals surface area contributed by atoms with Crippen molar-refractivity contribution >= 4 is 11.8 Å².